The summed E-state index contributed by atoms with van der Waals surface area (Å²) < 4.78 is 11.0. The Bertz CT molecular complexity index is 752. The molecule has 1 aromatic rings. The van der Waals surface area contributed by atoms with Crippen LogP contribution in [0.25, 0.3) is 0 Å². The normalized spacial score (nSPS) is 32.7. The van der Waals surface area contributed by atoms with Gasteiger partial charge in [0.2, 0.25) is 0 Å². The number of rotatable bonds is 7. The quantitative estimate of drug-likeness (QED) is 0.698. The molecule has 4 aliphatic carbocycles. The molecule has 0 spiro atoms. The molecular formula is C26H38N2O4. The van der Waals surface area contributed by atoms with Gasteiger partial charge in [-0.2, -0.15) is 0 Å². The number of amides is 1. The Balaban J connectivity index is 1.08. The fourth-order valence-electron chi connectivity index (χ4n) is 7.24. The van der Waals surface area contributed by atoms with E-state index in [2.05, 4.69) is 29.2 Å². The van der Waals surface area contributed by atoms with Crippen molar-refractivity contribution in [2.45, 2.75) is 57.0 Å². The highest BCUT2D eigenvalue weighted by Crippen LogP contribution is 2.60. The third kappa shape index (κ3) is 4.62. The molecule has 1 atom stereocenters. The maximum absolute atomic E-state index is 11.8. The second kappa shape index (κ2) is 9.22. The van der Waals surface area contributed by atoms with Gasteiger partial charge in [0.15, 0.2) is 0 Å². The zero-order valence-corrected chi connectivity index (χ0v) is 19.4. The van der Waals surface area contributed by atoms with E-state index in [-0.39, 0.29) is 12.7 Å². The Morgan fingerprint density at radius 1 is 1.03 bits per heavy atom. The summed E-state index contributed by atoms with van der Waals surface area (Å²) in [7, 11) is 0. The lowest BCUT2D eigenvalue weighted by Crippen LogP contribution is -2.51. The van der Waals surface area contributed by atoms with Gasteiger partial charge in [0.05, 0.1) is 6.61 Å². The fraction of sp³-hybridized carbons (Fsp3) is 0.731. The molecule has 6 rings (SSSR count). The van der Waals surface area contributed by atoms with E-state index in [0.717, 1.165) is 36.6 Å². The van der Waals surface area contributed by atoms with Gasteiger partial charge in [-0.3, -0.25) is 4.90 Å². The Hall–Kier alpha value is -1.79. The number of hydrogen-bond donors (Lipinski definition) is 1. The monoisotopic (exact) mass is 442 g/mol. The summed E-state index contributed by atoms with van der Waals surface area (Å²) in [5.74, 6) is 3.69. The van der Waals surface area contributed by atoms with Gasteiger partial charge in [-0.1, -0.05) is 12.1 Å². The highest BCUT2D eigenvalue weighted by Gasteiger charge is 2.51. The predicted molar refractivity (Wildman–Crippen MR) is 123 cm³/mol. The molecule has 0 unspecified atom stereocenters. The van der Waals surface area contributed by atoms with Crippen LogP contribution in [0.1, 0.15) is 51.0 Å². The SMILES string of the molecule is CCOC(=O)N1CCN(C[C@@H](O)COc2ccc(C34CC5CC(CC(C5)C3)C4)cc2)CC1. The third-order valence-corrected chi connectivity index (χ3v) is 8.31. The number of β-amino-alcohol motifs (C(OH)–C–C–N with tert-alkyl or cyclic N) is 1. The van der Waals surface area contributed by atoms with Crippen LogP contribution in [0.5, 0.6) is 5.75 Å². The van der Waals surface area contributed by atoms with E-state index >= 15 is 0 Å². The van der Waals surface area contributed by atoms with Crippen LogP contribution in [0.15, 0.2) is 24.3 Å². The van der Waals surface area contributed by atoms with Crippen LogP contribution in [-0.2, 0) is 10.2 Å². The zero-order valence-electron chi connectivity index (χ0n) is 19.4. The number of benzene rings is 1. The van der Waals surface area contributed by atoms with Crippen molar-refractivity contribution in [2.24, 2.45) is 17.8 Å². The predicted octanol–water partition coefficient (Wildman–Crippen LogP) is 3.67. The van der Waals surface area contributed by atoms with Gasteiger partial charge in [-0.15, -0.1) is 0 Å². The van der Waals surface area contributed by atoms with Crippen molar-refractivity contribution >= 4 is 6.09 Å². The highest BCUT2D eigenvalue weighted by molar-refractivity contribution is 5.67. The number of carbonyl (C=O) groups is 1. The lowest BCUT2D eigenvalue weighted by molar-refractivity contribution is -0.00523. The van der Waals surface area contributed by atoms with Crippen LogP contribution in [0.3, 0.4) is 0 Å². The molecule has 1 N–H and O–H groups in total. The average molecular weight is 443 g/mol. The van der Waals surface area contributed by atoms with E-state index in [4.69, 9.17) is 9.47 Å². The number of aliphatic hydroxyl groups excluding tert-OH is 1. The molecule has 32 heavy (non-hydrogen) atoms. The van der Waals surface area contributed by atoms with E-state index in [9.17, 15) is 9.90 Å². The average Bonchev–Trinajstić information content (AvgIpc) is 2.78. The second-order valence-electron chi connectivity index (χ2n) is 10.7. The maximum atomic E-state index is 11.8. The first-order valence-corrected chi connectivity index (χ1v) is 12.6. The first-order valence-electron chi connectivity index (χ1n) is 12.6. The summed E-state index contributed by atoms with van der Waals surface area (Å²) in [6, 6.07) is 8.75. The van der Waals surface area contributed by atoms with E-state index in [1.807, 2.05) is 6.92 Å². The number of aliphatic hydroxyl groups is 1. The Kier molecular flexibility index (Phi) is 6.35. The number of ether oxygens (including phenoxy) is 2. The zero-order chi connectivity index (χ0) is 22.1. The summed E-state index contributed by atoms with van der Waals surface area (Å²) in [5.41, 5.74) is 1.92. The second-order valence-corrected chi connectivity index (χ2v) is 10.7. The molecule has 6 nitrogen and oxygen atoms in total. The van der Waals surface area contributed by atoms with Crippen molar-refractivity contribution in [1.29, 1.82) is 0 Å². The van der Waals surface area contributed by atoms with Crippen LogP contribution >= 0.6 is 0 Å². The molecule has 1 amide bonds. The highest BCUT2D eigenvalue weighted by atomic mass is 16.6. The largest absolute Gasteiger partial charge is 0.491 e. The Morgan fingerprint density at radius 2 is 1.62 bits per heavy atom. The van der Waals surface area contributed by atoms with Crippen LogP contribution in [-0.4, -0.2) is 73.0 Å². The summed E-state index contributed by atoms with van der Waals surface area (Å²) in [6.07, 6.45) is 7.74. The van der Waals surface area contributed by atoms with Gasteiger partial charge < -0.3 is 19.5 Å². The van der Waals surface area contributed by atoms with Crippen molar-refractivity contribution in [3.63, 3.8) is 0 Å². The lowest BCUT2D eigenvalue weighted by Gasteiger charge is -2.57. The fourth-order valence-corrected chi connectivity index (χ4v) is 7.24. The van der Waals surface area contributed by atoms with Crippen LogP contribution in [0.4, 0.5) is 4.79 Å². The van der Waals surface area contributed by atoms with Gasteiger partial charge in [0, 0.05) is 32.7 Å². The summed E-state index contributed by atoms with van der Waals surface area (Å²) in [6.45, 7) is 5.83. The van der Waals surface area contributed by atoms with Crippen molar-refractivity contribution in [1.82, 2.24) is 9.80 Å². The lowest BCUT2D eigenvalue weighted by atomic mass is 9.48. The van der Waals surface area contributed by atoms with Crippen molar-refractivity contribution in [2.75, 3.05) is 45.9 Å². The maximum Gasteiger partial charge on any atom is 0.409 e. The van der Waals surface area contributed by atoms with Gasteiger partial charge in [-0.05, 0) is 86.3 Å². The van der Waals surface area contributed by atoms with E-state index < -0.39 is 6.10 Å². The van der Waals surface area contributed by atoms with Crippen LogP contribution in [0, 0.1) is 17.8 Å². The molecule has 1 heterocycles. The molecule has 6 heteroatoms. The Labute approximate surface area is 191 Å². The molecule has 1 aliphatic heterocycles. The number of piperazine rings is 1. The molecule has 1 aromatic carbocycles. The minimum Gasteiger partial charge on any atom is -0.491 e. The number of carbonyl (C=O) groups excluding carboxylic acids is 1. The number of hydrogen-bond acceptors (Lipinski definition) is 5. The van der Waals surface area contributed by atoms with Gasteiger partial charge >= 0.3 is 6.09 Å². The molecule has 4 saturated carbocycles. The topological polar surface area (TPSA) is 62.2 Å². The molecule has 0 aromatic heterocycles. The standard InChI is InChI=1S/C26H38N2O4/c1-2-31-25(30)28-9-7-27(8-10-28)17-23(29)18-32-24-5-3-22(4-6-24)26-14-19-11-20(15-26)13-21(12-19)16-26/h3-6,19-21,23,29H,2,7-18H2,1H3/t19?,20?,21?,23-,26?/m1/s1. The summed E-state index contributed by atoms with van der Waals surface area (Å²) >= 11 is 0. The van der Waals surface area contributed by atoms with Crippen LogP contribution < -0.4 is 4.74 Å². The molecule has 5 fully saturated rings. The van der Waals surface area contributed by atoms with E-state index in [1.165, 1.54) is 44.1 Å². The van der Waals surface area contributed by atoms with Gasteiger partial charge in [-0.25, -0.2) is 4.79 Å². The van der Waals surface area contributed by atoms with Crippen molar-refractivity contribution < 1.29 is 19.4 Å². The molecule has 4 bridgehead atoms. The van der Waals surface area contributed by atoms with Crippen molar-refractivity contribution in [3.8, 4) is 5.75 Å². The smallest absolute Gasteiger partial charge is 0.409 e. The van der Waals surface area contributed by atoms with Crippen LogP contribution in [0.2, 0.25) is 0 Å². The Morgan fingerprint density at radius 3 is 2.19 bits per heavy atom. The third-order valence-electron chi connectivity index (χ3n) is 8.31. The molecular weight excluding hydrogens is 404 g/mol. The molecule has 5 aliphatic rings. The summed E-state index contributed by atoms with van der Waals surface area (Å²) in [4.78, 5) is 15.7. The first kappa shape index (κ1) is 22.0. The van der Waals surface area contributed by atoms with Gasteiger partial charge in [0.25, 0.3) is 0 Å². The molecule has 0 radical (unpaired) electrons. The summed E-state index contributed by atoms with van der Waals surface area (Å²) in [5, 5.41) is 10.5. The molecule has 176 valence electrons. The van der Waals surface area contributed by atoms with E-state index in [0.29, 0.717) is 31.7 Å². The van der Waals surface area contributed by atoms with E-state index in [1.54, 1.807) is 4.90 Å². The van der Waals surface area contributed by atoms with Gasteiger partial charge in [0.1, 0.15) is 18.5 Å². The number of nitrogens with zero attached hydrogens (tertiary/aromatic N) is 2. The minimum atomic E-state index is -0.549. The van der Waals surface area contributed by atoms with Crippen molar-refractivity contribution in [3.05, 3.63) is 29.8 Å². The first-order chi connectivity index (χ1) is 15.5. The minimum absolute atomic E-state index is 0.243. The molecule has 1 saturated heterocycles.